The highest BCUT2D eigenvalue weighted by atomic mass is 16.5. The molecule has 1 fully saturated rings. The first-order valence-corrected chi connectivity index (χ1v) is 7.16. The molecule has 0 aliphatic carbocycles. The van der Waals surface area contributed by atoms with Gasteiger partial charge < -0.3 is 9.72 Å². The minimum absolute atomic E-state index is 0.0507. The number of H-pyrrole nitrogens is 1. The van der Waals surface area contributed by atoms with E-state index in [4.69, 9.17) is 4.74 Å². The SMILES string of the molecule is COC(=O)[C@H]1CCCN1CCc1c[nH]c2ccccc12. The van der Waals surface area contributed by atoms with E-state index in [9.17, 15) is 4.79 Å². The van der Waals surface area contributed by atoms with Gasteiger partial charge in [0.1, 0.15) is 6.04 Å². The van der Waals surface area contributed by atoms with Crippen molar-refractivity contribution in [2.45, 2.75) is 25.3 Å². The van der Waals surface area contributed by atoms with Crippen molar-refractivity contribution in [2.24, 2.45) is 0 Å². The molecule has 1 aliphatic rings. The van der Waals surface area contributed by atoms with Crippen LogP contribution in [0.1, 0.15) is 18.4 Å². The Morgan fingerprint density at radius 1 is 1.45 bits per heavy atom. The number of fused-ring (bicyclic) bond motifs is 1. The number of nitrogens with one attached hydrogen (secondary N) is 1. The zero-order valence-electron chi connectivity index (χ0n) is 11.8. The standard InChI is InChI=1S/C16H20N2O2/c1-20-16(19)15-7-4-9-18(15)10-8-12-11-17-14-6-3-2-5-13(12)14/h2-3,5-6,11,15,17H,4,7-10H2,1H3/t15-/m1/s1. The molecule has 1 aliphatic heterocycles. The number of carbonyl (C=O) groups excluding carboxylic acids is 1. The van der Waals surface area contributed by atoms with Crippen LogP contribution in [0.2, 0.25) is 0 Å². The maximum absolute atomic E-state index is 11.7. The Hall–Kier alpha value is -1.81. The fourth-order valence-electron chi connectivity index (χ4n) is 3.10. The van der Waals surface area contributed by atoms with E-state index in [1.165, 1.54) is 23.6 Å². The third-order valence-electron chi connectivity index (χ3n) is 4.18. The summed E-state index contributed by atoms with van der Waals surface area (Å²) in [5, 5.41) is 1.28. The highest BCUT2D eigenvalue weighted by Crippen LogP contribution is 2.22. The van der Waals surface area contributed by atoms with Gasteiger partial charge in [0, 0.05) is 23.6 Å². The number of esters is 1. The number of nitrogens with zero attached hydrogens (tertiary/aromatic N) is 1. The van der Waals surface area contributed by atoms with E-state index < -0.39 is 0 Å². The van der Waals surface area contributed by atoms with Crippen molar-refractivity contribution >= 4 is 16.9 Å². The molecule has 0 saturated carbocycles. The van der Waals surface area contributed by atoms with E-state index in [-0.39, 0.29) is 12.0 Å². The summed E-state index contributed by atoms with van der Waals surface area (Å²) in [5.41, 5.74) is 2.49. The number of carbonyl (C=O) groups is 1. The fraction of sp³-hybridized carbons (Fsp3) is 0.438. The lowest BCUT2D eigenvalue weighted by Gasteiger charge is -2.21. The average molecular weight is 272 g/mol. The minimum Gasteiger partial charge on any atom is -0.468 e. The molecule has 0 radical (unpaired) electrons. The second-order valence-electron chi connectivity index (χ2n) is 5.33. The summed E-state index contributed by atoms with van der Waals surface area (Å²) in [7, 11) is 1.47. The summed E-state index contributed by atoms with van der Waals surface area (Å²) >= 11 is 0. The molecule has 2 aromatic rings. The summed E-state index contributed by atoms with van der Waals surface area (Å²) in [6, 6.07) is 8.28. The molecule has 3 rings (SSSR count). The highest BCUT2D eigenvalue weighted by molar-refractivity contribution is 5.83. The van der Waals surface area contributed by atoms with E-state index in [1.807, 2.05) is 6.07 Å². The van der Waals surface area contributed by atoms with Crippen LogP contribution in [0.15, 0.2) is 30.5 Å². The Morgan fingerprint density at radius 3 is 3.15 bits per heavy atom. The maximum atomic E-state index is 11.7. The smallest absolute Gasteiger partial charge is 0.323 e. The maximum Gasteiger partial charge on any atom is 0.323 e. The van der Waals surface area contributed by atoms with Crippen LogP contribution in [-0.2, 0) is 16.0 Å². The largest absolute Gasteiger partial charge is 0.468 e. The number of hydrogen-bond donors (Lipinski definition) is 1. The number of benzene rings is 1. The van der Waals surface area contributed by atoms with Gasteiger partial charge in [-0.1, -0.05) is 18.2 Å². The third kappa shape index (κ3) is 2.43. The number of likely N-dealkylation sites (tertiary alicyclic amines) is 1. The molecule has 1 aromatic carbocycles. The van der Waals surface area contributed by atoms with Gasteiger partial charge in [0.05, 0.1) is 7.11 Å². The molecule has 4 heteroatoms. The number of rotatable bonds is 4. The summed E-state index contributed by atoms with van der Waals surface area (Å²) < 4.78 is 4.88. The molecule has 0 amide bonds. The van der Waals surface area contributed by atoms with Gasteiger partial charge in [-0.3, -0.25) is 9.69 Å². The van der Waals surface area contributed by atoms with Crippen molar-refractivity contribution in [1.29, 1.82) is 0 Å². The zero-order valence-corrected chi connectivity index (χ0v) is 11.8. The summed E-state index contributed by atoms with van der Waals surface area (Å²) in [5.74, 6) is -0.0959. The molecule has 4 nitrogen and oxygen atoms in total. The lowest BCUT2D eigenvalue weighted by atomic mass is 10.1. The number of ether oxygens (including phenoxy) is 1. The van der Waals surface area contributed by atoms with Crippen LogP contribution in [-0.4, -0.2) is 42.1 Å². The van der Waals surface area contributed by atoms with Crippen molar-refractivity contribution in [3.05, 3.63) is 36.0 Å². The number of aromatic nitrogens is 1. The lowest BCUT2D eigenvalue weighted by molar-refractivity contribution is -0.145. The Balaban J connectivity index is 1.68. The quantitative estimate of drug-likeness (QED) is 0.869. The molecule has 1 atom stereocenters. The normalized spacial score (nSPS) is 19.6. The molecule has 1 N–H and O–H groups in total. The van der Waals surface area contributed by atoms with Gasteiger partial charge in [0.15, 0.2) is 0 Å². The molecule has 106 valence electrons. The fourth-order valence-corrected chi connectivity index (χ4v) is 3.10. The highest BCUT2D eigenvalue weighted by Gasteiger charge is 2.30. The van der Waals surface area contributed by atoms with Crippen molar-refractivity contribution in [2.75, 3.05) is 20.2 Å². The van der Waals surface area contributed by atoms with Gasteiger partial charge in [-0.05, 0) is 37.4 Å². The zero-order chi connectivity index (χ0) is 13.9. The number of para-hydroxylation sites is 1. The molecular weight excluding hydrogens is 252 g/mol. The van der Waals surface area contributed by atoms with E-state index in [0.29, 0.717) is 0 Å². The van der Waals surface area contributed by atoms with Gasteiger partial charge in [-0.25, -0.2) is 0 Å². The van der Waals surface area contributed by atoms with Crippen LogP contribution in [0.3, 0.4) is 0 Å². The molecule has 0 bridgehead atoms. The summed E-state index contributed by atoms with van der Waals surface area (Å²) in [6.45, 7) is 1.89. The number of methoxy groups -OCH3 is 1. The predicted molar refractivity (Wildman–Crippen MR) is 78.6 cm³/mol. The number of hydrogen-bond acceptors (Lipinski definition) is 3. The first-order valence-electron chi connectivity index (χ1n) is 7.16. The minimum atomic E-state index is -0.0959. The van der Waals surface area contributed by atoms with E-state index >= 15 is 0 Å². The molecule has 20 heavy (non-hydrogen) atoms. The molecular formula is C16H20N2O2. The van der Waals surface area contributed by atoms with Gasteiger partial charge >= 0.3 is 5.97 Å². The second kappa shape index (κ2) is 5.67. The molecule has 0 unspecified atom stereocenters. The lowest BCUT2D eigenvalue weighted by Crippen LogP contribution is -2.38. The molecule has 2 heterocycles. The van der Waals surface area contributed by atoms with Crippen molar-refractivity contribution in [1.82, 2.24) is 9.88 Å². The van der Waals surface area contributed by atoms with Gasteiger partial charge in [0.25, 0.3) is 0 Å². The van der Waals surface area contributed by atoms with Crippen LogP contribution in [0.25, 0.3) is 10.9 Å². The van der Waals surface area contributed by atoms with Crippen LogP contribution >= 0.6 is 0 Å². The van der Waals surface area contributed by atoms with Crippen molar-refractivity contribution in [3.8, 4) is 0 Å². The van der Waals surface area contributed by atoms with Crippen LogP contribution < -0.4 is 0 Å². The first kappa shape index (κ1) is 13.2. The average Bonchev–Trinajstić information content (AvgIpc) is 3.11. The van der Waals surface area contributed by atoms with Gasteiger partial charge in [0.2, 0.25) is 0 Å². The molecule has 1 saturated heterocycles. The Kier molecular flexibility index (Phi) is 3.74. The Bertz CT molecular complexity index is 605. The van der Waals surface area contributed by atoms with E-state index in [1.54, 1.807) is 0 Å². The molecule has 1 aromatic heterocycles. The van der Waals surface area contributed by atoms with Crippen LogP contribution in [0.5, 0.6) is 0 Å². The predicted octanol–water partition coefficient (Wildman–Crippen LogP) is 2.35. The van der Waals surface area contributed by atoms with E-state index in [0.717, 1.165) is 32.4 Å². The monoisotopic (exact) mass is 272 g/mol. The third-order valence-corrected chi connectivity index (χ3v) is 4.18. The second-order valence-corrected chi connectivity index (χ2v) is 5.33. The summed E-state index contributed by atoms with van der Waals surface area (Å²) in [6.07, 6.45) is 5.03. The van der Waals surface area contributed by atoms with Crippen LogP contribution in [0.4, 0.5) is 0 Å². The van der Waals surface area contributed by atoms with E-state index in [2.05, 4.69) is 34.3 Å². The van der Waals surface area contributed by atoms with Crippen molar-refractivity contribution in [3.63, 3.8) is 0 Å². The molecule has 0 spiro atoms. The first-order chi connectivity index (χ1) is 9.79. The topological polar surface area (TPSA) is 45.3 Å². The summed E-state index contributed by atoms with van der Waals surface area (Å²) in [4.78, 5) is 17.3. The Morgan fingerprint density at radius 2 is 2.30 bits per heavy atom. The number of aromatic amines is 1. The Labute approximate surface area is 118 Å². The van der Waals surface area contributed by atoms with Crippen LogP contribution in [0, 0.1) is 0 Å². The van der Waals surface area contributed by atoms with Crippen molar-refractivity contribution < 1.29 is 9.53 Å². The van der Waals surface area contributed by atoms with Gasteiger partial charge in [-0.15, -0.1) is 0 Å². The van der Waals surface area contributed by atoms with Gasteiger partial charge in [-0.2, -0.15) is 0 Å².